The van der Waals surface area contributed by atoms with Crippen molar-refractivity contribution in [3.63, 3.8) is 0 Å². The molecule has 0 bridgehead atoms. The molecule has 462 valence electrons. The number of carbonyl (C=O) groups is 2. The summed E-state index contributed by atoms with van der Waals surface area (Å²) in [7, 11) is -4.40. The highest BCUT2D eigenvalue weighted by Crippen LogP contribution is 2.43. The molecule has 10 heteroatoms. The van der Waals surface area contributed by atoms with Gasteiger partial charge in [0.15, 0.2) is 6.10 Å². The number of phosphoric acid groups is 1. The molecular formula is C71H120NO8P. The van der Waals surface area contributed by atoms with Crippen LogP contribution in [-0.2, 0) is 32.7 Å². The minimum Gasteiger partial charge on any atom is -0.462 e. The molecule has 0 aliphatic rings. The van der Waals surface area contributed by atoms with E-state index in [0.29, 0.717) is 12.8 Å². The third kappa shape index (κ3) is 65.2. The van der Waals surface area contributed by atoms with Crippen molar-refractivity contribution in [3.8, 4) is 0 Å². The minimum atomic E-state index is -4.40. The molecule has 0 saturated heterocycles. The molecule has 0 heterocycles. The Balaban J connectivity index is 3.94. The van der Waals surface area contributed by atoms with Gasteiger partial charge in [0, 0.05) is 19.4 Å². The lowest BCUT2D eigenvalue weighted by atomic mass is 10.0. The van der Waals surface area contributed by atoms with E-state index in [1.807, 2.05) is 0 Å². The Hall–Kier alpha value is -3.85. The van der Waals surface area contributed by atoms with E-state index in [1.165, 1.54) is 116 Å². The Morgan fingerprint density at radius 2 is 0.679 bits per heavy atom. The molecule has 0 amide bonds. The van der Waals surface area contributed by atoms with E-state index < -0.39 is 32.5 Å². The van der Waals surface area contributed by atoms with Crippen molar-refractivity contribution in [1.29, 1.82) is 0 Å². The monoisotopic (exact) mass is 1150 g/mol. The van der Waals surface area contributed by atoms with Crippen molar-refractivity contribution < 1.29 is 37.6 Å². The maximum Gasteiger partial charge on any atom is 0.472 e. The van der Waals surface area contributed by atoms with E-state index in [0.717, 1.165) is 116 Å². The SMILES string of the molecule is CC/C=C\C/C=C\C/C=C\C/C=C\C/C=C\C/C=C\C/C=C\C/C=C\CCCCCCCCCCCCCCCCC(=O)OC(COC(=O)CCCCCCCC/C=C\C/C=C\C/C=C\CCCCCCC)COP(=O)(O)OCCN. The minimum absolute atomic E-state index is 0.0461. The first-order valence-corrected chi connectivity index (χ1v) is 34.2. The lowest BCUT2D eigenvalue weighted by molar-refractivity contribution is -0.161. The van der Waals surface area contributed by atoms with Gasteiger partial charge >= 0.3 is 19.8 Å². The lowest BCUT2D eigenvalue weighted by Crippen LogP contribution is -2.29. The number of nitrogens with two attached hydrogens (primary N) is 1. The molecule has 0 radical (unpaired) electrons. The Morgan fingerprint density at radius 3 is 1.01 bits per heavy atom. The molecule has 2 atom stereocenters. The Labute approximate surface area is 497 Å². The summed E-state index contributed by atoms with van der Waals surface area (Å²) >= 11 is 0. The van der Waals surface area contributed by atoms with Crippen molar-refractivity contribution in [2.75, 3.05) is 26.4 Å². The predicted molar refractivity (Wildman–Crippen MR) is 348 cm³/mol. The molecule has 3 N–H and O–H groups in total. The lowest BCUT2D eigenvalue weighted by Gasteiger charge is -2.19. The first-order valence-electron chi connectivity index (χ1n) is 32.7. The van der Waals surface area contributed by atoms with Crippen molar-refractivity contribution in [2.45, 2.75) is 277 Å². The number of carbonyl (C=O) groups excluding carboxylic acids is 2. The van der Waals surface area contributed by atoms with Gasteiger partial charge in [-0.1, -0.05) is 276 Å². The molecule has 0 aromatic rings. The molecule has 9 nitrogen and oxygen atoms in total. The fourth-order valence-corrected chi connectivity index (χ4v) is 9.48. The zero-order chi connectivity index (χ0) is 58.7. The molecular weight excluding hydrogens is 1030 g/mol. The highest BCUT2D eigenvalue weighted by atomic mass is 31.2. The third-order valence-electron chi connectivity index (χ3n) is 13.5. The summed E-state index contributed by atoms with van der Waals surface area (Å²) in [5, 5.41) is 0. The quantitative estimate of drug-likeness (QED) is 0.0264. The van der Waals surface area contributed by atoms with Crippen LogP contribution in [0.5, 0.6) is 0 Å². The average Bonchev–Trinajstić information content (AvgIpc) is 3.46. The van der Waals surface area contributed by atoms with Gasteiger partial charge in [-0.15, -0.1) is 0 Å². The van der Waals surface area contributed by atoms with Crippen LogP contribution in [0.15, 0.2) is 134 Å². The van der Waals surface area contributed by atoms with E-state index in [1.54, 1.807) is 0 Å². The van der Waals surface area contributed by atoms with Gasteiger partial charge < -0.3 is 20.1 Å². The second-order valence-corrected chi connectivity index (χ2v) is 22.7. The number of rotatable bonds is 60. The average molecular weight is 1150 g/mol. The molecule has 0 saturated carbocycles. The number of hydrogen-bond donors (Lipinski definition) is 2. The highest BCUT2D eigenvalue weighted by molar-refractivity contribution is 7.47. The van der Waals surface area contributed by atoms with Crippen LogP contribution < -0.4 is 5.73 Å². The number of ether oxygens (including phenoxy) is 2. The smallest absolute Gasteiger partial charge is 0.462 e. The van der Waals surface area contributed by atoms with Gasteiger partial charge in [0.2, 0.25) is 0 Å². The van der Waals surface area contributed by atoms with Gasteiger partial charge in [-0.3, -0.25) is 18.6 Å². The fraction of sp³-hybridized carbons (Fsp3) is 0.662. The van der Waals surface area contributed by atoms with Gasteiger partial charge in [0.05, 0.1) is 13.2 Å². The van der Waals surface area contributed by atoms with E-state index in [4.69, 9.17) is 24.3 Å². The van der Waals surface area contributed by atoms with E-state index in [2.05, 4.69) is 148 Å². The van der Waals surface area contributed by atoms with Crippen LogP contribution in [-0.4, -0.2) is 49.3 Å². The first-order chi connectivity index (χ1) is 39.8. The molecule has 0 fully saturated rings. The number of esters is 2. The van der Waals surface area contributed by atoms with Crippen molar-refractivity contribution in [1.82, 2.24) is 0 Å². The molecule has 0 aliphatic carbocycles. The number of phosphoric ester groups is 1. The summed E-state index contributed by atoms with van der Waals surface area (Å²) in [5.41, 5.74) is 5.39. The zero-order valence-corrected chi connectivity index (χ0v) is 52.6. The Bertz CT molecular complexity index is 1790. The van der Waals surface area contributed by atoms with Crippen LogP contribution in [0.4, 0.5) is 0 Å². The van der Waals surface area contributed by atoms with Crippen LogP contribution in [0.25, 0.3) is 0 Å². The maximum absolute atomic E-state index is 12.7. The molecule has 0 spiro atoms. The molecule has 0 rings (SSSR count). The summed E-state index contributed by atoms with van der Waals surface area (Å²) in [6.45, 7) is 3.61. The van der Waals surface area contributed by atoms with Crippen molar-refractivity contribution in [3.05, 3.63) is 134 Å². The van der Waals surface area contributed by atoms with Crippen LogP contribution >= 0.6 is 7.82 Å². The first kappa shape index (κ1) is 77.2. The van der Waals surface area contributed by atoms with Crippen molar-refractivity contribution >= 4 is 19.8 Å². The molecule has 2 unspecified atom stereocenters. The summed E-state index contributed by atoms with van der Waals surface area (Å²) in [6.07, 6.45) is 92.4. The number of unbranched alkanes of at least 4 members (excludes halogenated alkanes) is 25. The van der Waals surface area contributed by atoms with E-state index in [-0.39, 0.29) is 32.6 Å². The second kappa shape index (κ2) is 65.3. The third-order valence-corrected chi connectivity index (χ3v) is 14.5. The molecule has 81 heavy (non-hydrogen) atoms. The Morgan fingerprint density at radius 1 is 0.383 bits per heavy atom. The normalized spacial score (nSPS) is 13.9. The van der Waals surface area contributed by atoms with Crippen LogP contribution in [0.1, 0.15) is 271 Å². The van der Waals surface area contributed by atoms with Crippen molar-refractivity contribution in [2.24, 2.45) is 5.73 Å². The topological polar surface area (TPSA) is 134 Å². The van der Waals surface area contributed by atoms with Gasteiger partial charge in [0.1, 0.15) is 6.61 Å². The number of allylic oxidation sites excluding steroid dienone is 22. The highest BCUT2D eigenvalue weighted by Gasteiger charge is 2.26. The Kier molecular flexibility index (Phi) is 62.2. The van der Waals surface area contributed by atoms with Gasteiger partial charge in [-0.25, -0.2) is 4.57 Å². The van der Waals surface area contributed by atoms with Gasteiger partial charge in [-0.05, 0) is 116 Å². The van der Waals surface area contributed by atoms with Crippen LogP contribution in [0.2, 0.25) is 0 Å². The molecule has 0 aliphatic heterocycles. The van der Waals surface area contributed by atoms with Gasteiger partial charge in [0.25, 0.3) is 0 Å². The fourth-order valence-electron chi connectivity index (χ4n) is 8.72. The van der Waals surface area contributed by atoms with E-state index >= 15 is 0 Å². The largest absolute Gasteiger partial charge is 0.472 e. The summed E-state index contributed by atoms with van der Waals surface area (Å²) < 4.78 is 33.1. The molecule has 0 aromatic heterocycles. The number of hydrogen-bond acceptors (Lipinski definition) is 8. The standard InChI is InChI=1S/C71H120NO8P/c1-3-5-7-9-11-13-15-17-19-21-23-25-26-27-28-29-30-31-32-33-34-35-36-37-38-39-40-41-42-44-46-48-50-52-54-56-58-60-62-64-71(74)80-69(68-79-81(75,76)78-66-65-72)67-77-70(73)63-61-59-57-55-53-51-49-47-45-43-24-22-20-18-16-14-12-10-8-6-4-2/h5,7,11,13,16-19,22-25,27-28,30-31,33-34,36-37,45,47,69H,3-4,6,8-10,12,14-15,20-21,26,29,32,35,38-44,46,48-68,72H2,1-2H3,(H,75,76)/b7-5-,13-11-,18-16-,19-17-,24-22-,25-23-,28-27-,31-30-,34-33-,37-36-,47-45-. The van der Waals surface area contributed by atoms with Crippen LogP contribution in [0.3, 0.4) is 0 Å². The van der Waals surface area contributed by atoms with Crippen LogP contribution in [0, 0.1) is 0 Å². The van der Waals surface area contributed by atoms with Gasteiger partial charge in [-0.2, -0.15) is 0 Å². The van der Waals surface area contributed by atoms with E-state index in [9.17, 15) is 19.0 Å². The molecule has 0 aromatic carbocycles. The summed E-state index contributed by atoms with van der Waals surface area (Å²) in [6, 6.07) is 0. The summed E-state index contributed by atoms with van der Waals surface area (Å²) in [5.74, 6) is -0.844. The predicted octanol–water partition coefficient (Wildman–Crippen LogP) is 21.3. The zero-order valence-electron chi connectivity index (χ0n) is 51.7. The maximum atomic E-state index is 12.7. The summed E-state index contributed by atoms with van der Waals surface area (Å²) in [4.78, 5) is 35.3. The second-order valence-electron chi connectivity index (χ2n) is 21.2.